The molecule has 2 rings (SSSR count). The SMILES string of the molecule is COc1ccccc1CN1CCC(NC(=O)C=C(C)C)CC1. The summed E-state index contributed by atoms with van der Waals surface area (Å²) in [7, 11) is 1.71. The first-order valence-electron chi connectivity index (χ1n) is 7.88. The maximum absolute atomic E-state index is 11.8. The Kier molecular flexibility index (Phi) is 6.01. The number of carbonyl (C=O) groups excluding carboxylic acids is 1. The fourth-order valence-electron chi connectivity index (χ4n) is 2.81. The van der Waals surface area contributed by atoms with Gasteiger partial charge in [0, 0.05) is 37.3 Å². The average molecular weight is 302 g/mol. The van der Waals surface area contributed by atoms with Crippen LogP contribution in [0, 0.1) is 0 Å². The molecule has 4 heteroatoms. The van der Waals surface area contributed by atoms with Crippen LogP contribution in [0.3, 0.4) is 0 Å². The lowest BCUT2D eigenvalue weighted by molar-refractivity contribution is -0.117. The number of rotatable bonds is 5. The van der Waals surface area contributed by atoms with Crippen molar-refractivity contribution in [3.8, 4) is 5.75 Å². The smallest absolute Gasteiger partial charge is 0.244 e. The molecule has 0 bridgehead atoms. The van der Waals surface area contributed by atoms with E-state index in [0.717, 1.165) is 43.8 Å². The predicted octanol–water partition coefficient (Wildman–Crippen LogP) is 2.74. The number of methoxy groups -OCH3 is 1. The lowest BCUT2D eigenvalue weighted by atomic mass is 10.0. The number of nitrogens with zero attached hydrogens (tertiary/aromatic N) is 1. The van der Waals surface area contributed by atoms with Gasteiger partial charge < -0.3 is 10.1 Å². The van der Waals surface area contributed by atoms with Gasteiger partial charge in [0.2, 0.25) is 5.91 Å². The monoisotopic (exact) mass is 302 g/mol. The number of allylic oxidation sites excluding steroid dienone is 1. The predicted molar refractivity (Wildman–Crippen MR) is 88.9 cm³/mol. The second kappa shape index (κ2) is 7.99. The van der Waals surface area contributed by atoms with Crippen LogP contribution in [0.5, 0.6) is 5.75 Å². The van der Waals surface area contributed by atoms with Crippen LogP contribution in [0.2, 0.25) is 0 Å². The van der Waals surface area contributed by atoms with Crippen molar-refractivity contribution in [3.05, 3.63) is 41.5 Å². The molecule has 4 nitrogen and oxygen atoms in total. The molecule has 1 aliphatic rings. The summed E-state index contributed by atoms with van der Waals surface area (Å²) >= 11 is 0. The quantitative estimate of drug-likeness (QED) is 0.850. The summed E-state index contributed by atoms with van der Waals surface area (Å²) in [6, 6.07) is 8.44. The van der Waals surface area contributed by atoms with Gasteiger partial charge in [-0.1, -0.05) is 23.8 Å². The van der Waals surface area contributed by atoms with E-state index >= 15 is 0 Å². The van der Waals surface area contributed by atoms with Crippen molar-refractivity contribution >= 4 is 5.91 Å². The standard InChI is InChI=1S/C18H26N2O2/c1-14(2)12-18(21)19-16-8-10-20(11-9-16)13-15-6-4-5-7-17(15)22-3/h4-7,12,16H,8-11,13H2,1-3H3,(H,19,21). The second-order valence-electron chi connectivity index (χ2n) is 6.09. The van der Waals surface area contributed by atoms with Crippen molar-refractivity contribution in [2.24, 2.45) is 0 Å². The summed E-state index contributed by atoms with van der Waals surface area (Å²) in [4.78, 5) is 14.2. The molecule has 0 aliphatic carbocycles. The number of hydrogen-bond acceptors (Lipinski definition) is 3. The molecular weight excluding hydrogens is 276 g/mol. The van der Waals surface area contributed by atoms with Crippen LogP contribution < -0.4 is 10.1 Å². The Bertz CT molecular complexity index is 528. The van der Waals surface area contributed by atoms with Gasteiger partial charge in [0.25, 0.3) is 0 Å². The molecule has 1 aromatic rings. The highest BCUT2D eigenvalue weighted by Gasteiger charge is 2.20. The van der Waals surface area contributed by atoms with Gasteiger partial charge in [0.1, 0.15) is 5.75 Å². The fraction of sp³-hybridized carbons (Fsp3) is 0.500. The highest BCUT2D eigenvalue weighted by molar-refractivity contribution is 5.88. The largest absolute Gasteiger partial charge is 0.496 e. The van der Waals surface area contributed by atoms with Crippen molar-refractivity contribution in [3.63, 3.8) is 0 Å². The van der Waals surface area contributed by atoms with E-state index < -0.39 is 0 Å². The summed E-state index contributed by atoms with van der Waals surface area (Å²) in [5.74, 6) is 0.977. The molecule has 1 aliphatic heterocycles. The summed E-state index contributed by atoms with van der Waals surface area (Å²) in [6.45, 7) is 6.78. The minimum absolute atomic E-state index is 0.0307. The van der Waals surface area contributed by atoms with E-state index in [2.05, 4.69) is 16.3 Å². The van der Waals surface area contributed by atoms with E-state index in [-0.39, 0.29) is 11.9 Å². The molecule has 0 aromatic heterocycles. The Labute approximate surface area is 133 Å². The van der Waals surface area contributed by atoms with E-state index in [1.165, 1.54) is 5.56 Å². The van der Waals surface area contributed by atoms with E-state index in [1.807, 2.05) is 32.0 Å². The van der Waals surface area contributed by atoms with Gasteiger partial charge in [0.15, 0.2) is 0 Å². The zero-order valence-corrected chi connectivity index (χ0v) is 13.8. The summed E-state index contributed by atoms with van der Waals surface area (Å²) in [6.07, 6.45) is 3.66. The van der Waals surface area contributed by atoms with Gasteiger partial charge in [-0.3, -0.25) is 9.69 Å². The minimum Gasteiger partial charge on any atom is -0.496 e. The Morgan fingerprint density at radius 3 is 2.64 bits per heavy atom. The Morgan fingerprint density at radius 2 is 2.00 bits per heavy atom. The maximum atomic E-state index is 11.8. The van der Waals surface area contributed by atoms with Crippen molar-refractivity contribution < 1.29 is 9.53 Å². The molecule has 1 saturated heterocycles. The summed E-state index contributed by atoms with van der Waals surface area (Å²) in [5, 5.41) is 3.09. The molecule has 120 valence electrons. The molecule has 22 heavy (non-hydrogen) atoms. The van der Waals surface area contributed by atoms with Gasteiger partial charge in [0.05, 0.1) is 7.11 Å². The third-order valence-electron chi connectivity index (χ3n) is 3.94. The minimum atomic E-state index is 0.0307. The van der Waals surface area contributed by atoms with E-state index in [0.29, 0.717) is 0 Å². The molecule has 1 heterocycles. The Morgan fingerprint density at radius 1 is 1.32 bits per heavy atom. The van der Waals surface area contributed by atoms with Crippen LogP contribution in [0.25, 0.3) is 0 Å². The van der Waals surface area contributed by atoms with Crippen LogP contribution >= 0.6 is 0 Å². The first-order chi connectivity index (χ1) is 10.6. The topological polar surface area (TPSA) is 41.6 Å². The zero-order valence-electron chi connectivity index (χ0n) is 13.8. The Balaban J connectivity index is 1.82. The number of amides is 1. The number of nitrogens with one attached hydrogen (secondary N) is 1. The number of hydrogen-bond donors (Lipinski definition) is 1. The molecule has 0 spiro atoms. The first kappa shape index (κ1) is 16.6. The number of likely N-dealkylation sites (tertiary alicyclic amines) is 1. The molecule has 0 atom stereocenters. The van der Waals surface area contributed by atoms with Crippen LogP contribution in [0.15, 0.2) is 35.9 Å². The number of carbonyl (C=O) groups is 1. The molecular formula is C18H26N2O2. The molecule has 1 N–H and O–H groups in total. The van der Waals surface area contributed by atoms with Gasteiger partial charge in [-0.05, 0) is 32.8 Å². The fourth-order valence-corrected chi connectivity index (χ4v) is 2.81. The van der Waals surface area contributed by atoms with Crippen molar-refractivity contribution in [2.75, 3.05) is 20.2 Å². The maximum Gasteiger partial charge on any atom is 0.244 e. The van der Waals surface area contributed by atoms with E-state index in [4.69, 9.17) is 4.74 Å². The van der Waals surface area contributed by atoms with Crippen LogP contribution in [-0.4, -0.2) is 37.0 Å². The number of piperidine rings is 1. The lowest BCUT2D eigenvalue weighted by Gasteiger charge is -2.32. The van der Waals surface area contributed by atoms with Crippen LogP contribution in [0.4, 0.5) is 0 Å². The van der Waals surface area contributed by atoms with Gasteiger partial charge in [-0.15, -0.1) is 0 Å². The van der Waals surface area contributed by atoms with Crippen molar-refractivity contribution in [1.29, 1.82) is 0 Å². The van der Waals surface area contributed by atoms with E-state index in [9.17, 15) is 4.79 Å². The Hall–Kier alpha value is -1.81. The second-order valence-corrected chi connectivity index (χ2v) is 6.09. The molecule has 1 amide bonds. The van der Waals surface area contributed by atoms with Crippen LogP contribution in [-0.2, 0) is 11.3 Å². The molecule has 1 aromatic carbocycles. The highest BCUT2D eigenvalue weighted by atomic mass is 16.5. The molecule has 0 unspecified atom stereocenters. The normalized spacial score (nSPS) is 16.1. The number of para-hydroxylation sites is 1. The summed E-state index contributed by atoms with van der Waals surface area (Å²) in [5.41, 5.74) is 2.25. The zero-order chi connectivity index (χ0) is 15.9. The number of benzene rings is 1. The summed E-state index contributed by atoms with van der Waals surface area (Å²) < 4.78 is 5.41. The van der Waals surface area contributed by atoms with Gasteiger partial charge in [-0.2, -0.15) is 0 Å². The molecule has 0 radical (unpaired) electrons. The van der Waals surface area contributed by atoms with E-state index in [1.54, 1.807) is 13.2 Å². The highest BCUT2D eigenvalue weighted by Crippen LogP contribution is 2.21. The average Bonchev–Trinajstić information content (AvgIpc) is 2.49. The van der Waals surface area contributed by atoms with Crippen molar-refractivity contribution in [1.82, 2.24) is 10.2 Å². The van der Waals surface area contributed by atoms with Gasteiger partial charge >= 0.3 is 0 Å². The molecule has 0 saturated carbocycles. The first-order valence-corrected chi connectivity index (χ1v) is 7.88. The van der Waals surface area contributed by atoms with Crippen molar-refractivity contribution in [2.45, 2.75) is 39.3 Å². The molecule has 1 fully saturated rings. The number of ether oxygens (including phenoxy) is 1. The van der Waals surface area contributed by atoms with Gasteiger partial charge in [-0.25, -0.2) is 0 Å². The lowest BCUT2D eigenvalue weighted by Crippen LogP contribution is -2.44. The van der Waals surface area contributed by atoms with Crippen LogP contribution in [0.1, 0.15) is 32.3 Å². The third kappa shape index (κ3) is 4.88. The third-order valence-corrected chi connectivity index (χ3v) is 3.94.